The van der Waals surface area contributed by atoms with E-state index < -0.39 is 0 Å². The Morgan fingerprint density at radius 3 is 2.60 bits per heavy atom. The van der Waals surface area contributed by atoms with Gasteiger partial charge in [-0.05, 0) is 80.4 Å². The van der Waals surface area contributed by atoms with Gasteiger partial charge in [-0.25, -0.2) is 9.37 Å². The van der Waals surface area contributed by atoms with Crippen molar-refractivity contribution in [2.24, 2.45) is 0 Å². The van der Waals surface area contributed by atoms with Gasteiger partial charge in [-0.15, -0.1) is 0 Å². The minimum absolute atomic E-state index is 0.106. The number of piperidine rings is 1. The summed E-state index contributed by atoms with van der Waals surface area (Å²) in [5.74, 6) is 0.489. The monoisotopic (exact) mass is 604 g/mol. The lowest BCUT2D eigenvalue weighted by molar-refractivity contribution is 0.213. The standard InChI is InChI=1S/C34H35Cl2FN4O/c1-3-25-8-7-24(2)33(19-25)41(22-30-12-11-29(36)21-38-30)18-17-40-15-13-26(14-16-40)32-5-4-6-34(39-32)42-23-27-9-10-28(35)20-31(27)37/h3-12,19-21,26H,1,13-18,22-23H2,2H3. The highest BCUT2D eigenvalue weighted by Crippen LogP contribution is 2.29. The van der Waals surface area contributed by atoms with E-state index in [-0.39, 0.29) is 12.4 Å². The quantitative estimate of drug-likeness (QED) is 0.172. The molecule has 3 heterocycles. The van der Waals surface area contributed by atoms with Gasteiger partial charge >= 0.3 is 0 Å². The van der Waals surface area contributed by atoms with Crippen LogP contribution in [0.2, 0.25) is 10.0 Å². The van der Waals surface area contributed by atoms with Crippen LogP contribution in [-0.4, -0.2) is 41.0 Å². The first-order chi connectivity index (χ1) is 20.4. The number of halogens is 3. The molecule has 0 radical (unpaired) electrons. The van der Waals surface area contributed by atoms with Crippen molar-refractivity contribution in [1.82, 2.24) is 14.9 Å². The molecule has 0 aliphatic carbocycles. The number of nitrogens with zero attached hydrogens (tertiary/aromatic N) is 4. The molecule has 4 aromatic rings. The molecule has 1 saturated heterocycles. The molecular weight excluding hydrogens is 570 g/mol. The topological polar surface area (TPSA) is 41.5 Å². The predicted octanol–water partition coefficient (Wildman–Crippen LogP) is 8.34. The van der Waals surface area contributed by atoms with Crippen molar-refractivity contribution in [3.8, 4) is 5.88 Å². The van der Waals surface area contributed by atoms with Gasteiger partial charge in [0.15, 0.2) is 0 Å². The van der Waals surface area contributed by atoms with Crippen LogP contribution in [0.15, 0.2) is 79.5 Å². The summed E-state index contributed by atoms with van der Waals surface area (Å²) in [4.78, 5) is 14.2. The van der Waals surface area contributed by atoms with Crippen LogP contribution in [0.5, 0.6) is 5.88 Å². The van der Waals surface area contributed by atoms with E-state index in [4.69, 9.17) is 32.9 Å². The summed E-state index contributed by atoms with van der Waals surface area (Å²) in [7, 11) is 0. The Balaban J connectivity index is 1.19. The lowest BCUT2D eigenvalue weighted by Crippen LogP contribution is -2.39. The number of likely N-dealkylation sites (tertiary alicyclic amines) is 1. The second-order valence-electron chi connectivity index (χ2n) is 10.7. The molecule has 0 amide bonds. The molecule has 0 bridgehead atoms. The molecule has 218 valence electrons. The number of benzene rings is 2. The van der Waals surface area contributed by atoms with E-state index in [1.807, 2.05) is 30.3 Å². The molecule has 5 rings (SSSR count). The fourth-order valence-corrected chi connectivity index (χ4v) is 5.59. The minimum atomic E-state index is -0.377. The summed E-state index contributed by atoms with van der Waals surface area (Å²) in [6.07, 6.45) is 5.63. The van der Waals surface area contributed by atoms with Crippen molar-refractivity contribution >= 4 is 35.0 Å². The Morgan fingerprint density at radius 2 is 1.86 bits per heavy atom. The largest absolute Gasteiger partial charge is 0.473 e. The Bertz CT molecular complexity index is 1510. The van der Waals surface area contributed by atoms with Gasteiger partial charge in [0.25, 0.3) is 0 Å². The Hall–Kier alpha value is -3.45. The molecule has 2 aromatic heterocycles. The van der Waals surface area contributed by atoms with Gasteiger partial charge in [-0.2, -0.15) is 0 Å². The number of aromatic nitrogens is 2. The molecule has 0 saturated carbocycles. The van der Waals surface area contributed by atoms with Crippen LogP contribution in [0.25, 0.3) is 6.08 Å². The van der Waals surface area contributed by atoms with E-state index >= 15 is 0 Å². The van der Waals surface area contributed by atoms with Gasteiger partial charge < -0.3 is 14.5 Å². The van der Waals surface area contributed by atoms with Crippen LogP contribution in [0.1, 0.15) is 46.8 Å². The van der Waals surface area contributed by atoms with E-state index in [0.29, 0.717) is 34.0 Å². The van der Waals surface area contributed by atoms with Gasteiger partial charge in [-0.1, -0.05) is 60.1 Å². The second-order valence-corrected chi connectivity index (χ2v) is 11.6. The predicted molar refractivity (Wildman–Crippen MR) is 170 cm³/mol. The lowest BCUT2D eigenvalue weighted by Gasteiger charge is -2.34. The molecule has 42 heavy (non-hydrogen) atoms. The molecule has 1 fully saturated rings. The maximum atomic E-state index is 14.1. The number of hydrogen-bond acceptors (Lipinski definition) is 5. The van der Waals surface area contributed by atoms with E-state index in [1.165, 1.54) is 17.3 Å². The maximum Gasteiger partial charge on any atom is 0.213 e. The molecule has 1 aliphatic rings. The van der Waals surface area contributed by atoms with Gasteiger partial charge in [0.05, 0.1) is 17.3 Å². The third-order valence-corrected chi connectivity index (χ3v) is 8.24. The Labute approximate surface area is 257 Å². The van der Waals surface area contributed by atoms with Gasteiger partial charge in [-0.3, -0.25) is 4.98 Å². The molecule has 0 unspecified atom stereocenters. The minimum Gasteiger partial charge on any atom is -0.473 e. The smallest absolute Gasteiger partial charge is 0.213 e. The first kappa shape index (κ1) is 30.0. The van der Waals surface area contributed by atoms with Crippen LogP contribution in [0.4, 0.5) is 10.1 Å². The van der Waals surface area contributed by atoms with Gasteiger partial charge in [0.1, 0.15) is 12.4 Å². The first-order valence-electron chi connectivity index (χ1n) is 14.2. The van der Waals surface area contributed by atoms with Crippen LogP contribution in [0, 0.1) is 12.7 Å². The fourth-order valence-electron chi connectivity index (χ4n) is 5.32. The molecule has 0 N–H and O–H groups in total. The Morgan fingerprint density at radius 1 is 1.05 bits per heavy atom. The summed E-state index contributed by atoms with van der Waals surface area (Å²) in [5.41, 5.74) is 5.97. The zero-order valence-electron chi connectivity index (χ0n) is 23.8. The first-order valence-corrected chi connectivity index (χ1v) is 15.0. The van der Waals surface area contributed by atoms with Crippen molar-refractivity contribution < 1.29 is 9.13 Å². The molecule has 5 nitrogen and oxygen atoms in total. The number of anilines is 1. The lowest BCUT2D eigenvalue weighted by atomic mass is 9.93. The summed E-state index contributed by atoms with van der Waals surface area (Å²) < 4.78 is 20.0. The fraction of sp³-hybridized carbons (Fsp3) is 0.294. The maximum absolute atomic E-state index is 14.1. The molecular formula is C34H35Cl2FN4O. The normalized spacial score (nSPS) is 14.1. The Kier molecular flexibility index (Phi) is 10.1. The highest BCUT2D eigenvalue weighted by Gasteiger charge is 2.23. The average molecular weight is 606 g/mol. The molecule has 0 atom stereocenters. The third-order valence-electron chi connectivity index (χ3n) is 7.78. The van der Waals surface area contributed by atoms with Gasteiger partial charge in [0, 0.05) is 53.2 Å². The third kappa shape index (κ3) is 7.88. The van der Waals surface area contributed by atoms with Crippen molar-refractivity contribution in [3.63, 3.8) is 0 Å². The van der Waals surface area contributed by atoms with Crippen molar-refractivity contribution in [1.29, 1.82) is 0 Å². The van der Waals surface area contributed by atoms with Crippen LogP contribution >= 0.6 is 23.2 Å². The molecule has 1 aliphatic heterocycles. The van der Waals surface area contributed by atoms with Crippen LogP contribution < -0.4 is 9.64 Å². The summed E-state index contributed by atoms with van der Waals surface area (Å²) in [6, 6.07) is 20.8. The second kappa shape index (κ2) is 14.1. The van der Waals surface area contributed by atoms with Crippen molar-refractivity contribution in [2.75, 3.05) is 31.1 Å². The highest BCUT2D eigenvalue weighted by molar-refractivity contribution is 6.30. The van der Waals surface area contributed by atoms with Crippen molar-refractivity contribution in [3.05, 3.63) is 123 Å². The van der Waals surface area contributed by atoms with Gasteiger partial charge in [0.2, 0.25) is 5.88 Å². The zero-order valence-corrected chi connectivity index (χ0v) is 25.3. The number of ether oxygens (including phenoxy) is 1. The number of pyridine rings is 2. The van der Waals surface area contributed by atoms with E-state index in [9.17, 15) is 4.39 Å². The molecule has 0 spiro atoms. The highest BCUT2D eigenvalue weighted by atomic mass is 35.5. The summed E-state index contributed by atoms with van der Waals surface area (Å²) in [5, 5.41) is 1.01. The van der Waals surface area contributed by atoms with Crippen LogP contribution in [0.3, 0.4) is 0 Å². The van der Waals surface area contributed by atoms with E-state index in [0.717, 1.165) is 56.0 Å². The number of rotatable bonds is 11. The van der Waals surface area contributed by atoms with Crippen molar-refractivity contribution in [2.45, 2.75) is 38.8 Å². The zero-order chi connectivity index (χ0) is 29.5. The number of aryl methyl sites for hydroxylation is 1. The molecule has 8 heteroatoms. The number of hydrogen-bond donors (Lipinski definition) is 0. The van der Waals surface area contributed by atoms with E-state index in [2.05, 4.69) is 52.6 Å². The van der Waals surface area contributed by atoms with E-state index in [1.54, 1.807) is 18.3 Å². The van der Waals surface area contributed by atoms with Crippen LogP contribution in [-0.2, 0) is 13.2 Å². The summed E-state index contributed by atoms with van der Waals surface area (Å²) >= 11 is 11.9. The SMILES string of the molecule is C=Cc1ccc(C)c(N(CCN2CCC(c3cccc(OCc4ccc(Cl)cc4F)n3)CC2)Cc2ccc(Cl)cn2)c1. The summed E-state index contributed by atoms with van der Waals surface area (Å²) in [6.45, 7) is 10.7. The average Bonchev–Trinajstić information content (AvgIpc) is 3.00. The molecule has 2 aromatic carbocycles.